The molecule has 1 aliphatic heterocycles. The summed E-state index contributed by atoms with van der Waals surface area (Å²) in [5.41, 5.74) is -0.602. The molecule has 5 rings (SSSR count). The van der Waals surface area contributed by atoms with E-state index in [-0.39, 0.29) is 11.8 Å². The number of cyclic esters (lactones) is 2. The largest absolute Gasteiger partial charge is 0.393 e. The summed E-state index contributed by atoms with van der Waals surface area (Å²) in [6.07, 6.45) is 3.17. The van der Waals surface area contributed by atoms with E-state index >= 15 is 0 Å². The van der Waals surface area contributed by atoms with Crippen molar-refractivity contribution in [1.82, 2.24) is 0 Å². The predicted molar refractivity (Wildman–Crippen MR) is 62.7 cm³/mol. The smallest absolute Gasteiger partial charge is 0.318 e. The number of carbonyl (C=O) groups excluding carboxylic acids is 2. The van der Waals surface area contributed by atoms with Gasteiger partial charge in [0.15, 0.2) is 0 Å². The minimum Gasteiger partial charge on any atom is -0.393 e. The Bertz CT molecular complexity index is 625. The minimum absolute atomic E-state index is 0.323. The van der Waals surface area contributed by atoms with E-state index in [9.17, 15) is 27.2 Å². The molecule has 4 fully saturated rings. The van der Waals surface area contributed by atoms with Crippen LogP contribution in [0.15, 0.2) is 12.2 Å². The maximum absolute atomic E-state index is 13.7. The van der Waals surface area contributed by atoms with E-state index in [2.05, 4.69) is 4.74 Å². The van der Waals surface area contributed by atoms with Crippen LogP contribution in [-0.2, 0) is 14.3 Å². The fourth-order valence-corrected chi connectivity index (χ4v) is 5.68. The number of hydrogen-bond donors (Lipinski definition) is 0. The van der Waals surface area contributed by atoms with E-state index in [0.29, 0.717) is 6.42 Å². The molecule has 7 atom stereocenters. The van der Waals surface area contributed by atoms with E-state index in [1.165, 1.54) is 0 Å². The number of rotatable bonds is 1. The van der Waals surface area contributed by atoms with Crippen LogP contribution in [0.5, 0.6) is 0 Å². The standard InChI is InChI=1S/C15H12F4O3/c16-14(17)4-8(15(14,18)19)7-3-13(7)5-1-2-6(13)10-9(5)11(20)22-12(10)21/h1-2,5-10H,3-4H2/t5-,6-,7+,8-,9-,10+,13?/m0/s1. The number of carbonyl (C=O) groups is 2. The molecule has 0 N–H and O–H groups in total. The van der Waals surface area contributed by atoms with Crippen LogP contribution in [0.1, 0.15) is 12.8 Å². The van der Waals surface area contributed by atoms with Crippen molar-refractivity contribution in [3.63, 3.8) is 0 Å². The minimum atomic E-state index is -3.98. The third-order valence-corrected chi connectivity index (χ3v) is 6.69. The fraction of sp³-hybridized carbons (Fsp3) is 0.733. The summed E-state index contributed by atoms with van der Waals surface area (Å²) in [5, 5.41) is 0. The second-order valence-corrected chi connectivity index (χ2v) is 7.29. The lowest BCUT2D eigenvalue weighted by Gasteiger charge is -2.45. The molecule has 22 heavy (non-hydrogen) atoms. The molecule has 1 saturated heterocycles. The van der Waals surface area contributed by atoms with Gasteiger partial charge in [0.2, 0.25) is 0 Å². The van der Waals surface area contributed by atoms with Gasteiger partial charge in [-0.3, -0.25) is 9.59 Å². The van der Waals surface area contributed by atoms with Crippen LogP contribution in [-0.4, -0.2) is 23.8 Å². The van der Waals surface area contributed by atoms with Crippen LogP contribution in [0, 0.1) is 40.9 Å². The Balaban J connectivity index is 1.48. The van der Waals surface area contributed by atoms with Gasteiger partial charge >= 0.3 is 23.8 Å². The highest BCUT2D eigenvalue weighted by Gasteiger charge is 2.84. The van der Waals surface area contributed by atoms with Crippen molar-refractivity contribution in [2.45, 2.75) is 24.7 Å². The summed E-state index contributed by atoms with van der Waals surface area (Å²) in [6.45, 7) is 0. The quantitative estimate of drug-likeness (QED) is 0.323. The Morgan fingerprint density at radius 2 is 1.45 bits per heavy atom. The van der Waals surface area contributed by atoms with Crippen LogP contribution in [0.25, 0.3) is 0 Å². The Labute approximate surface area is 122 Å². The Kier molecular flexibility index (Phi) is 1.94. The van der Waals surface area contributed by atoms with Crippen LogP contribution < -0.4 is 0 Å². The highest BCUT2D eigenvalue weighted by molar-refractivity contribution is 5.98. The van der Waals surface area contributed by atoms with Gasteiger partial charge in [-0.25, -0.2) is 0 Å². The topological polar surface area (TPSA) is 43.4 Å². The number of allylic oxidation sites excluding steroid dienone is 2. The third-order valence-electron chi connectivity index (χ3n) is 6.69. The molecule has 0 amide bonds. The van der Waals surface area contributed by atoms with Gasteiger partial charge < -0.3 is 4.74 Å². The van der Waals surface area contributed by atoms with Crippen molar-refractivity contribution in [2.24, 2.45) is 40.9 Å². The first-order chi connectivity index (χ1) is 10.2. The molecule has 5 aliphatic rings. The predicted octanol–water partition coefficient (Wildman–Crippen LogP) is 2.41. The second kappa shape index (κ2) is 3.26. The summed E-state index contributed by atoms with van der Waals surface area (Å²) < 4.78 is 58.2. The molecule has 3 nitrogen and oxygen atoms in total. The van der Waals surface area contributed by atoms with Crippen LogP contribution in [0.4, 0.5) is 17.6 Å². The van der Waals surface area contributed by atoms with Crippen molar-refractivity contribution < 1.29 is 31.9 Å². The third kappa shape index (κ3) is 1.09. The van der Waals surface area contributed by atoms with Crippen LogP contribution in [0.3, 0.4) is 0 Å². The van der Waals surface area contributed by atoms with Crippen molar-refractivity contribution in [2.75, 3.05) is 0 Å². The first-order valence-corrected chi connectivity index (χ1v) is 7.41. The Morgan fingerprint density at radius 3 is 1.91 bits per heavy atom. The van der Waals surface area contributed by atoms with Gasteiger partial charge in [-0.2, -0.15) is 17.6 Å². The zero-order chi connectivity index (χ0) is 15.7. The first-order valence-electron chi connectivity index (χ1n) is 7.41. The van der Waals surface area contributed by atoms with Gasteiger partial charge in [-0.1, -0.05) is 12.2 Å². The molecule has 3 saturated carbocycles. The Morgan fingerprint density at radius 1 is 0.909 bits per heavy atom. The van der Waals surface area contributed by atoms with Crippen molar-refractivity contribution in [1.29, 1.82) is 0 Å². The van der Waals surface area contributed by atoms with Gasteiger partial charge in [0.25, 0.3) is 0 Å². The molecule has 1 heterocycles. The second-order valence-electron chi connectivity index (χ2n) is 7.29. The summed E-state index contributed by atoms with van der Waals surface area (Å²) in [4.78, 5) is 23.6. The zero-order valence-corrected chi connectivity index (χ0v) is 11.3. The number of fused-ring (bicyclic) bond motifs is 3. The van der Waals surface area contributed by atoms with Crippen molar-refractivity contribution in [3.05, 3.63) is 12.2 Å². The maximum atomic E-state index is 13.7. The number of ether oxygens (including phenoxy) is 1. The Hall–Kier alpha value is -1.40. The van der Waals surface area contributed by atoms with Gasteiger partial charge in [0, 0.05) is 12.3 Å². The van der Waals surface area contributed by atoms with Crippen molar-refractivity contribution in [3.8, 4) is 0 Å². The van der Waals surface area contributed by atoms with E-state index in [0.717, 1.165) is 0 Å². The molecule has 7 heteroatoms. The normalized spacial score (nSPS) is 55.3. The maximum Gasteiger partial charge on any atom is 0.318 e. The number of esters is 2. The van der Waals surface area contributed by atoms with Gasteiger partial charge in [0.1, 0.15) is 0 Å². The summed E-state index contributed by atoms with van der Waals surface area (Å²) in [7, 11) is 0. The number of alkyl halides is 4. The molecule has 0 radical (unpaired) electrons. The summed E-state index contributed by atoms with van der Waals surface area (Å²) in [6, 6.07) is 0. The average molecular weight is 316 g/mol. The molecule has 1 spiro atoms. The zero-order valence-electron chi connectivity index (χ0n) is 11.3. The lowest BCUT2D eigenvalue weighted by molar-refractivity contribution is -0.320. The highest BCUT2D eigenvalue weighted by atomic mass is 19.3. The molecular formula is C15H12F4O3. The molecule has 1 unspecified atom stereocenters. The van der Waals surface area contributed by atoms with Gasteiger partial charge in [-0.15, -0.1) is 0 Å². The molecule has 2 bridgehead atoms. The summed E-state index contributed by atoms with van der Waals surface area (Å²) >= 11 is 0. The number of hydrogen-bond acceptors (Lipinski definition) is 3. The van der Waals surface area contributed by atoms with Crippen molar-refractivity contribution >= 4 is 11.9 Å². The lowest BCUT2D eigenvalue weighted by Crippen LogP contribution is -2.60. The van der Waals surface area contributed by atoms with E-state index in [1.54, 1.807) is 12.2 Å². The van der Waals surface area contributed by atoms with E-state index < -0.39 is 59.3 Å². The molecular weight excluding hydrogens is 304 g/mol. The van der Waals surface area contributed by atoms with Crippen LogP contribution in [0.2, 0.25) is 0 Å². The molecule has 0 aromatic carbocycles. The lowest BCUT2D eigenvalue weighted by atomic mass is 9.70. The fourth-order valence-electron chi connectivity index (χ4n) is 5.68. The van der Waals surface area contributed by atoms with Crippen LogP contribution >= 0.6 is 0 Å². The molecule has 0 aromatic heterocycles. The monoisotopic (exact) mass is 316 g/mol. The molecule has 4 aliphatic carbocycles. The molecule has 118 valence electrons. The SMILES string of the molecule is O=C1OC(=O)[C@H]2[C@@H]1[C@@H]1C=C[C@@H]2C12C[C@@H]2[C@@H]1CC(F)(F)C1(F)F. The molecule has 0 aromatic rings. The van der Waals surface area contributed by atoms with E-state index in [1.807, 2.05) is 0 Å². The average Bonchev–Trinajstić information content (AvgIpc) is 2.84. The number of halogens is 4. The summed E-state index contributed by atoms with van der Waals surface area (Å²) in [5.74, 6) is -12.9. The highest BCUT2D eigenvalue weighted by Crippen LogP contribution is 2.81. The van der Waals surface area contributed by atoms with Gasteiger partial charge in [-0.05, 0) is 29.6 Å². The van der Waals surface area contributed by atoms with Gasteiger partial charge in [0.05, 0.1) is 11.8 Å². The van der Waals surface area contributed by atoms with E-state index in [4.69, 9.17) is 0 Å². The first kappa shape index (κ1) is 13.1.